The quantitative estimate of drug-likeness (QED) is 0.544. The number of halogens is 2. The Balaban J connectivity index is 1.63. The highest BCUT2D eigenvalue weighted by molar-refractivity contribution is 5.98. The van der Waals surface area contributed by atoms with E-state index in [9.17, 15) is 24.6 Å². The van der Waals surface area contributed by atoms with Crippen molar-refractivity contribution in [2.45, 2.75) is 38.1 Å². The zero-order valence-electron chi connectivity index (χ0n) is 20.4. The molecule has 196 valence electrons. The molecule has 2 aliphatic carbocycles. The fourth-order valence-electron chi connectivity index (χ4n) is 5.86. The van der Waals surface area contributed by atoms with Gasteiger partial charge < -0.3 is 15.1 Å². The molecule has 2 aromatic carbocycles. The molecular formula is C28H25F2N3O5. The third kappa shape index (κ3) is 3.66. The molecule has 8 nitrogen and oxygen atoms in total. The highest BCUT2D eigenvalue weighted by Gasteiger charge is 2.41. The van der Waals surface area contributed by atoms with Gasteiger partial charge in [0.25, 0.3) is 5.91 Å². The second-order valence-corrected chi connectivity index (χ2v) is 10.1. The van der Waals surface area contributed by atoms with Crippen LogP contribution >= 0.6 is 0 Å². The van der Waals surface area contributed by atoms with E-state index in [1.807, 2.05) is 0 Å². The van der Waals surface area contributed by atoms with Crippen molar-refractivity contribution in [1.82, 2.24) is 9.58 Å². The molecule has 1 aliphatic heterocycles. The predicted molar refractivity (Wildman–Crippen MR) is 133 cm³/mol. The number of carboxylic acids is 1. The zero-order chi connectivity index (χ0) is 26.7. The fourth-order valence-corrected chi connectivity index (χ4v) is 5.86. The van der Waals surface area contributed by atoms with Crippen molar-refractivity contribution in [3.8, 4) is 5.75 Å². The summed E-state index contributed by atoms with van der Waals surface area (Å²) in [6, 6.07) is 8.41. The number of benzene rings is 2. The van der Waals surface area contributed by atoms with Gasteiger partial charge in [0.05, 0.1) is 6.04 Å². The third-order valence-corrected chi connectivity index (χ3v) is 8.00. The van der Waals surface area contributed by atoms with Crippen molar-refractivity contribution in [2.75, 3.05) is 18.2 Å². The molecule has 3 aliphatic rings. The van der Waals surface area contributed by atoms with E-state index >= 15 is 8.78 Å². The number of rotatable bonds is 4. The van der Waals surface area contributed by atoms with Crippen molar-refractivity contribution in [2.24, 2.45) is 5.92 Å². The van der Waals surface area contributed by atoms with Gasteiger partial charge in [-0.25, -0.2) is 13.6 Å². The molecule has 6 rings (SSSR count). The minimum Gasteiger partial charge on any atom is -0.502 e. The van der Waals surface area contributed by atoms with Crippen molar-refractivity contribution in [3.63, 3.8) is 0 Å². The van der Waals surface area contributed by atoms with E-state index in [2.05, 4.69) is 0 Å². The number of carboxylic acid groups (broad SMARTS) is 1. The number of carbonyl (C=O) groups excluding carboxylic acids is 1. The minimum absolute atomic E-state index is 0.0414. The van der Waals surface area contributed by atoms with Gasteiger partial charge in [0, 0.05) is 12.7 Å². The van der Waals surface area contributed by atoms with Crippen molar-refractivity contribution in [1.29, 1.82) is 0 Å². The first kappa shape index (κ1) is 24.1. The van der Waals surface area contributed by atoms with Gasteiger partial charge >= 0.3 is 5.97 Å². The molecule has 38 heavy (non-hydrogen) atoms. The van der Waals surface area contributed by atoms with Crippen LogP contribution in [0.2, 0.25) is 0 Å². The average Bonchev–Trinajstić information content (AvgIpc) is 3.03. The molecule has 0 radical (unpaired) electrons. The summed E-state index contributed by atoms with van der Waals surface area (Å²) < 4.78 is 31.4. The molecule has 1 amide bonds. The molecule has 0 atom stereocenters. The lowest BCUT2D eigenvalue weighted by atomic mass is 9.85. The number of pyridine rings is 1. The van der Waals surface area contributed by atoms with E-state index in [4.69, 9.17) is 0 Å². The van der Waals surface area contributed by atoms with Crippen LogP contribution in [0.15, 0.2) is 47.4 Å². The van der Waals surface area contributed by atoms with E-state index in [0.29, 0.717) is 28.8 Å². The predicted octanol–water partition coefficient (Wildman–Crippen LogP) is 3.57. The lowest BCUT2D eigenvalue weighted by Crippen LogP contribution is -2.57. The average molecular weight is 522 g/mol. The van der Waals surface area contributed by atoms with E-state index < -0.39 is 46.3 Å². The number of fused-ring (bicyclic) bond motifs is 3. The zero-order valence-corrected chi connectivity index (χ0v) is 20.4. The summed E-state index contributed by atoms with van der Waals surface area (Å²) in [6.45, 7) is 0.336. The number of amides is 1. The maximum atomic E-state index is 15.1. The first-order valence-electron chi connectivity index (χ1n) is 12.6. The third-order valence-electron chi connectivity index (χ3n) is 8.00. The summed E-state index contributed by atoms with van der Waals surface area (Å²) in [5, 5.41) is 22.1. The second-order valence-electron chi connectivity index (χ2n) is 10.1. The molecule has 2 heterocycles. The van der Waals surface area contributed by atoms with Gasteiger partial charge in [-0.05, 0) is 66.0 Å². The molecule has 2 N–H and O–H groups in total. The number of carbonyl (C=O) groups is 2. The Hall–Kier alpha value is -4.21. The Morgan fingerprint density at radius 1 is 0.974 bits per heavy atom. The molecule has 1 saturated carbocycles. The summed E-state index contributed by atoms with van der Waals surface area (Å²) in [7, 11) is 0. The maximum Gasteiger partial charge on any atom is 0.341 e. The summed E-state index contributed by atoms with van der Waals surface area (Å²) in [6.07, 6.45) is 4.42. The number of aromatic nitrogens is 1. The van der Waals surface area contributed by atoms with Gasteiger partial charge in [-0.1, -0.05) is 30.7 Å². The summed E-state index contributed by atoms with van der Waals surface area (Å²) >= 11 is 0. The Bertz CT molecular complexity index is 1490. The lowest BCUT2D eigenvalue weighted by molar-refractivity contribution is 0.0604. The summed E-state index contributed by atoms with van der Waals surface area (Å²) in [5.41, 5.74) is -0.403. The smallest absolute Gasteiger partial charge is 0.341 e. The Morgan fingerprint density at radius 3 is 2.11 bits per heavy atom. The first-order chi connectivity index (χ1) is 18.3. The number of hydrogen-bond acceptors (Lipinski definition) is 5. The van der Waals surface area contributed by atoms with E-state index in [-0.39, 0.29) is 31.1 Å². The van der Waals surface area contributed by atoms with Crippen LogP contribution in [-0.2, 0) is 12.8 Å². The van der Waals surface area contributed by atoms with E-state index in [1.54, 1.807) is 29.3 Å². The molecule has 3 aromatic rings. The van der Waals surface area contributed by atoms with Gasteiger partial charge in [-0.15, -0.1) is 0 Å². The molecule has 0 spiro atoms. The highest BCUT2D eigenvalue weighted by atomic mass is 19.1. The van der Waals surface area contributed by atoms with Crippen LogP contribution in [0.25, 0.3) is 0 Å². The van der Waals surface area contributed by atoms with Gasteiger partial charge in [0.2, 0.25) is 5.43 Å². The standard InChI is InChI=1S/C28H25F2N3O5/c29-21-8-2-6-18-16(21)10-11-17-19(7-3-9-22(17)30)23(18)33-14-31(12-15-4-1-5-15)27(36)24-26(35)25(34)20(28(37)38)13-32(24)33/h2-3,6-9,13,15,23,35H,1,4-5,10-12,14H2,(H,37,38). The van der Waals surface area contributed by atoms with Crippen LogP contribution in [0.4, 0.5) is 8.78 Å². The largest absolute Gasteiger partial charge is 0.502 e. The minimum atomic E-state index is -1.57. The van der Waals surface area contributed by atoms with E-state index in [1.165, 1.54) is 21.7 Å². The van der Waals surface area contributed by atoms with Crippen LogP contribution in [0, 0.1) is 17.6 Å². The molecule has 0 saturated heterocycles. The highest BCUT2D eigenvalue weighted by Crippen LogP contribution is 2.40. The maximum absolute atomic E-state index is 15.1. The number of aromatic carboxylic acids is 1. The molecule has 1 aromatic heterocycles. The second kappa shape index (κ2) is 8.97. The van der Waals surface area contributed by atoms with Crippen LogP contribution in [-0.4, -0.2) is 44.9 Å². The van der Waals surface area contributed by atoms with Gasteiger partial charge in [0.1, 0.15) is 23.9 Å². The van der Waals surface area contributed by atoms with Crippen LogP contribution in [0.5, 0.6) is 5.75 Å². The monoisotopic (exact) mass is 521 g/mol. The Kier molecular flexibility index (Phi) is 5.70. The Morgan fingerprint density at radius 2 is 1.58 bits per heavy atom. The topological polar surface area (TPSA) is 103 Å². The summed E-state index contributed by atoms with van der Waals surface area (Å²) in [5.74, 6) is -3.78. The first-order valence-corrected chi connectivity index (χ1v) is 12.6. The van der Waals surface area contributed by atoms with Crippen LogP contribution < -0.4 is 10.4 Å². The van der Waals surface area contributed by atoms with Gasteiger partial charge in [0.15, 0.2) is 11.4 Å². The molecule has 0 bridgehead atoms. The van der Waals surface area contributed by atoms with Crippen molar-refractivity contribution < 1.29 is 28.6 Å². The molecule has 10 heteroatoms. The van der Waals surface area contributed by atoms with Crippen molar-refractivity contribution in [3.05, 3.63) is 98.0 Å². The molecule has 1 fully saturated rings. The number of hydrogen-bond donors (Lipinski definition) is 2. The van der Waals surface area contributed by atoms with Crippen LogP contribution in [0.3, 0.4) is 0 Å². The van der Waals surface area contributed by atoms with Gasteiger partial charge in [-0.3, -0.25) is 19.3 Å². The van der Waals surface area contributed by atoms with E-state index in [0.717, 1.165) is 25.5 Å². The SMILES string of the molecule is O=C(O)c1cn2c(c(O)c1=O)C(=O)N(CC1CCC1)CN2C1c2cccc(F)c2CCc2c(F)cccc21. The lowest BCUT2D eigenvalue weighted by Gasteiger charge is -2.45. The van der Waals surface area contributed by atoms with Crippen molar-refractivity contribution >= 4 is 11.9 Å². The number of nitrogens with zero attached hydrogens (tertiary/aromatic N) is 3. The molecule has 0 unspecified atom stereocenters. The molecular weight excluding hydrogens is 496 g/mol. The van der Waals surface area contributed by atoms with Gasteiger partial charge in [-0.2, -0.15) is 0 Å². The Labute approximate surface area is 216 Å². The fraction of sp³-hybridized carbons (Fsp3) is 0.321. The van der Waals surface area contributed by atoms with Crippen LogP contribution in [0.1, 0.15) is 68.4 Å². The number of aromatic hydroxyl groups is 1. The summed E-state index contributed by atoms with van der Waals surface area (Å²) in [4.78, 5) is 39.7. The normalized spacial score (nSPS) is 17.4.